The van der Waals surface area contributed by atoms with E-state index in [1.54, 1.807) is 0 Å². The summed E-state index contributed by atoms with van der Waals surface area (Å²) in [6.45, 7) is 0. The van der Waals surface area contributed by atoms with Crippen LogP contribution in [0.25, 0.3) is 0 Å². The quantitative estimate of drug-likeness (QED) is 0.699. The first-order chi connectivity index (χ1) is 5.65. The number of hydrogen-bond donors (Lipinski definition) is 0. The van der Waals surface area contributed by atoms with E-state index < -0.39 is 6.43 Å². The maximum atomic E-state index is 12.2. The van der Waals surface area contributed by atoms with Gasteiger partial charge in [-0.25, -0.2) is 8.78 Å². The van der Waals surface area contributed by atoms with E-state index in [1.807, 2.05) is 0 Å². The van der Waals surface area contributed by atoms with E-state index in [0.29, 0.717) is 5.02 Å². The summed E-state index contributed by atoms with van der Waals surface area (Å²) >= 11 is 5.58. The highest BCUT2D eigenvalue weighted by molar-refractivity contribution is 6.30. The Morgan fingerprint density at radius 3 is 2.58 bits per heavy atom. The van der Waals surface area contributed by atoms with Gasteiger partial charge in [0.15, 0.2) is 0 Å². The smallest absolute Gasteiger partial charge is 0.267 e. The van der Waals surface area contributed by atoms with Crippen molar-refractivity contribution < 1.29 is 13.5 Å². The van der Waals surface area contributed by atoms with Crippen molar-refractivity contribution in [2.24, 2.45) is 0 Å². The molecule has 0 unspecified atom stereocenters. The molecule has 0 amide bonds. The van der Waals surface area contributed by atoms with Gasteiger partial charge in [-0.2, -0.15) is 0 Å². The fraction of sp³-hybridized carbons (Fsp3) is 0.250. The highest BCUT2D eigenvalue weighted by atomic mass is 35.5. The maximum absolute atomic E-state index is 12.2. The van der Waals surface area contributed by atoms with Crippen LogP contribution in [-0.2, 0) is 0 Å². The van der Waals surface area contributed by atoms with Crippen molar-refractivity contribution in [1.82, 2.24) is 0 Å². The number of halogens is 3. The van der Waals surface area contributed by atoms with Gasteiger partial charge < -0.3 is 4.74 Å². The lowest BCUT2D eigenvalue weighted by molar-refractivity contribution is 0.147. The summed E-state index contributed by atoms with van der Waals surface area (Å²) in [5, 5.41) is 0.385. The van der Waals surface area contributed by atoms with Crippen LogP contribution in [-0.4, -0.2) is 7.11 Å². The molecule has 0 saturated heterocycles. The van der Waals surface area contributed by atoms with Gasteiger partial charge in [-0.05, 0) is 18.2 Å². The zero-order chi connectivity index (χ0) is 9.14. The fourth-order valence-corrected chi connectivity index (χ4v) is 1.03. The van der Waals surface area contributed by atoms with Crippen LogP contribution in [0, 0.1) is 0 Å². The molecule has 0 radical (unpaired) electrons. The van der Waals surface area contributed by atoms with E-state index in [1.165, 1.54) is 25.3 Å². The van der Waals surface area contributed by atoms with Crippen molar-refractivity contribution in [3.63, 3.8) is 0 Å². The SMILES string of the molecule is COc1cc(Cl)ccc1C(F)F. The van der Waals surface area contributed by atoms with Crippen molar-refractivity contribution in [2.45, 2.75) is 6.43 Å². The Hall–Kier alpha value is -0.830. The molecule has 66 valence electrons. The molecule has 1 nitrogen and oxygen atoms in total. The Labute approximate surface area is 73.9 Å². The van der Waals surface area contributed by atoms with E-state index in [-0.39, 0.29) is 11.3 Å². The van der Waals surface area contributed by atoms with Gasteiger partial charge in [0.1, 0.15) is 5.75 Å². The van der Waals surface area contributed by atoms with Crippen molar-refractivity contribution >= 4 is 11.6 Å². The molecule has 4 heteroatoms. The molecule has 0 aliphatic heterocycles. The minimum Gasteiger partial charge on any atom is -0.496 e. The molecule has 0 saturated carbocycles. The number of alkyl halides is 2. The second-order valence-electron chi connectivity index (χ2n) is 2.19. The highest BCUT2D eigenvalue weighted by Gasteiger charge is 2.13. The maximum Gasteiger partial charge on any atom is 0.267 e. The third kappa shape index (κ3) is 1.85. The number of hydrogen-bond acceptors (Lipinski definition) is 1. The molecule has 12 heavy (non-hydrogen) atoms. The summed E-state index contributed by atoms with van der Waals surface area (Å²) in [4.78, 5) is 0. The van der Waals surface area contributed by atoms with Gasteiger partial charge >= 0.3 is 0 Å². The monoisotopic (exact) mass is 192 g/mol. The molecule has 1 aromatic rings. The molecule has 0 aliphatic carbocycles. The highest BCUT2D eigenvalue weighted by Crippen LogP contribution is 2.30. The zero-order valence-electron chi connectivity index (χ0n) is 6.35. The summed E-state index contributed by atoms with van der Waals surface area (Å²) in [7, 11) is 1.33. The topological polar surface area (TPSA) is 9.23 Å². The first-order valence-electron chi connectivity index (χ1n) is 3.26. The summed E-state index contributed by atoms with van der Waals surface area (Å²) in [6.07, 6.45) is -2.53. The molecule has 0 fully saturated rings. The molecule has 0 atom stereocenters. The molecule has 0 aromatic heterocycles. The Bertz CT molecular complexity index is 276. The number of rotatable bonds is 2. The molecule has 1 rings (SSSR count). The number of ether oxygens (including phenoxy) is 1. The van der Waals surface area contributed by atoms with Crippen LogP contribution in [0.5, 0.6) is 5.75 Å². The average molecular weight is 193 g/mol. The van der Waals surface area contributed by atoms with E-state index in [0.717, 1.165) is 0 Å². The Kier molecular flexibility index (Phi) is 2.87. The number of benzene rings is 1. The Balaban J connectivity index is 3.11. The Morgan fingerprint density at radius 2 is 2.08 bits per heavy atom. The number of methoxy groups -OCH3 is 1. The molecule has 0 heterocycles. The minimum atomic E-state index is -2.53. The summed E-state index contributed by atoms with van der Waals surface area (Å²) in [5.74, 6) is 0.123. The Morgan fingerprint density at radius 1 is 1.42 bits per heavy atom. The lowest BCUT2D eigenvalue weighted by Gasteiger charge is -2.06. The van der Waals surface area contributed by atoms with Crippen molar-refractivity contribution in [1.29, 1.82) is 0 Å². The molecule has 1 aromatic carbocycles. The summed E-state index contributed by atoms with van der Waals surface area (Å²) in [5.41, 5.74) is -0.137. The second-order valence-corrected chi connectivity index (χ2v) is 2.62. The average Bonchev–Trinajstić information content (AvgIpc) is 2.03. The van der Waals surface area contributed by atoms with Gasteiger partial charge in [-0.15, -0.1) is 0 Å². The van der Waals surface area contributed by atoms with Gasteiger partial charge in [0.25, 0.3) is 6.43 Å². The van der Waals surface area contributed by atoms with Crippen LogP contribution in [0.4, 0.5) is 8.78 Å². The van der Waals surface area contributed by atoms with Crippen molar-refractivity contribution in [2.75, 3.05) is 7.11 Å². The van der Waals surface area contributed by atoms with E-state index in [4.69, 9.17) is 16.3 Å². The van der Waals surface area contributed by atoms with Gasteiger partial charge in [-0.1, -0.05) is 11.6 Å². The second kappa shape index (κ2) is 3.72. The van der Waals surface area contributed by atoms with Gasteiger partial charge in [-0.3, -0.25) is 0 Å². The van der Waals surface area contributed by atoms with Crippen molar-refractivity contribution in [3.05, 3.63) is 28.8 Å². The van der Waals surface area contributed by atoms with E-state index in [2.05, 4.69) is 0 Å². The van der Waals surface area contributed by atoms with Crippen LogP contribution in [0.2, 0.25) is 5.02 Å². The predicted molar refractivity (Wildman–Crippen MR) is 43.0 cm³/mol. The fourth-order valence-electron chi connectivity index (χ4n) is 0.865. The normalized spacial score (nSPS) is 10.4. The molecule has 0 N–H and O–H groups in total. The lowest BCUT2D eigenvalue weighted by atomic mass is 10.2. The summed E-state index contributed by atoms with van der Waals surface area (Å²) < 4.78 is 29.2. The van der Waals surface area contributed by atoms with Crippen molar-refractivity contribution in [3.8, 4) is 5.75 Å². The minimum absolute atomic E-state index is 0.123. The van der Waals surface area contributed by atoms with Gasteiger partial charge in [0.05, 0.1) is 12.7 Å². The lowest BCUT2D eigenvalue weighted by Crippen LogP contribution is -1.91. The van der Waals surface area contributed by atoms with Gasteiger partial charge in [0, 0.05) is 5.02 Å². The first kappa shape index (κ1) is 9.26. The summed E-state index contributed by atoms with van der Waals surface area (Å²) in [6, 6.07) is 4.03. The van der Waals surface area contributed by atoms with Crippen LogP contribution >= 0.6 is 11.6 Å². The third-order valence-electron chi connectivity index (χ3n) is 1.43. The van der Waals surface area contributed by atoms with Gasteiger partial charge in [0.2, 0.25) is 0 Å². The van der Waals surface area contributed by atoms with Crippen LogP contribution < -0.4 is 4.74 Å². The van der Waals surface area contributed by atoms with Crippen LogP contribution in [0.15, 0.2) is 18.2 Å². The third-order valence-corrected chi connectivity index (χ3v) is 1.67. The van der Waals surface area contributed by atoms with Crippen LogP contribution in [0.3, 0.4) is 0 Å². The largest absolute Gasteiger partial charge is 0.496 e. The zero-order valence-corrected chi connectivity index (χ0v) is 7.11. The molecular formula is C8H7ClF2O. The first-order valence-corrected chi connectivity index (χ1v) is 3.64. The molecular weight excluding hydrogens is 186 g/mol. The van der Waals surface area contributed by atoms with E-state index in [9.17, 15) is 8.78 Å². The molecule has 0 bridgehead atoms. The predicted octanol–water partition coefficient (Wildman–Crippen LogP) is 3.29. The van der Waals surface area contributed by atoms with Crippen LogP contribution in [0.1, 0.15) is 12.0 Å². The van der Waals surface area contributed by atoms with E-state index >= 15 is 0 Å². The molecule has 0 spiro atoms. The molecule has 0 aliphatic rings. The standard InChI is InChI=1S/C8H7ClF2O/c1-12-7-4-5(9)2-3-6(7)8(10)11/h2-4,8H,1H3.